The molecule has 168 valence electrons. The van der Waals surface area contributed by atoms with Crippen molar-refractivity contribution >= 4 is 5.97 Å². The van der Waals surface area contributed by atoms with Gasteiger partial charge < -0.3 is 14.3 Å². The number of halogens is 1. The van der Waals surface area contributed by atoms with E-state index in [2.05, 4.69) is 4.98 Å². The van der Waals surface area contributed by atoms with Crippen molar-refractivity contribution in [1.29, 1.82) is 0 Å². The van der Waals surface area contributed by atoms with Crippen LogP contribution in [0, 0.1) is 18.7 Å². The minimum atomic E-state index is -0.851. The van der Waals surface area contributed by atoms with Crippen molar-refractivity contribution < 1.29 is 23.4 Å². The quantitative estimate of drug-likeness (QED) is 0.454. The monoisotopic (exact) mass is 437 g/mol. The summed E-state index contributed by atoms with van der Waals surface area (Å²) in [5.74, 6) is -0.173. The second-order valence-corrected chi connectivity index (χ2v) is 8.57. The van der Waals surface area contributed by atoms with Crippen LogP contribution in [0.1, 0.15) is 59.3 Å². The van der Waals surface area contributed by atoms with Crippen molar-refractivity contribution in [1.82, 2.24) is 4.98 Å². The smallest absolute Gasteiger partial charge is 0.336 e. The van der Waals surface area contributed by atoms with Gasteiger partial charge in [-0.25, -0.2) is 14.2 Å². The molecule has 0 saturated heterocycles. The van der Waals surface area contributed by atoms with E-state index in [1.165, 1.54) is 12.1 Å². The third-order valence-electron chi connectivity index (χ3n) is 6.24. The molecule has 1 N–H and O–H groups in total. The van der Waals surface area contributed by atoms with Crippen LogP contribution >= 0.6 is 0 Å². The molecule has 1 fully saturated rings. The second kappa shape index (κ2) is 10.1. The number of carboxylic acids is 1. The summed E-state index contributed by atoms with van der Waals surface area (Å²) >= 11 is 0. The fraction of sp³-hybridized carbons (Fsp3) is 0.385. The summed E-state index contributed by atoms with van der Waals surface area (Å²) in [4.78, 5) is 16.1. The molecule has 0 bridgehead atoms. The fourth-order valence-corrected chi connectivity index (χ4v) is 4.56. The highest BCUT2D eigenvalue weighted by Crippen LogP contribution is 2.31. The Labute approximate surface area is 187 Å². The highest BCUT2D eigenvalue weighted by Gasteiger charge is 2.24. The highest BCUT2D eigenvalue weighted by atomic mass is 19.1. The number of carboxylic acid groups (broad SMARTS) is 1. The molecule has 32 heavy (non-hydrogen) atoms. The van der Waals surface area contributed by atoms with Gasteiger partial charge >= 0.3 is 5.97 Å². The molecular weight excluding hydrogens is 409 g/mol. The van der Waals surface area contributed by atoms with Gasteiger partial charge in [0.05, 0.1) is 18.3 Å². The van der Waals surface area contributed by atoms with Gasteiger partial charge in [0.1, 0.15) is 17.8 Å². The van der Waals surface area contributed by atoms with Gasteiger partial charge in [-0.3, -0.25) is 0 Å². The zero-order valence-corrected chi connectivity index (χ0v) is 18.2. The first-order chi connectivity index (χ1) is 15.5. The molecule has 1 aliphatic rings. The van der Waals surface area contributed by atoms with Crippen LogP contribution in [0.3, 0.4) is 0 Å². The molecule has 0 amide bonds. The number of rotatable bonds is 8. The molecule has 1 aromatic heterocycles. The molecule has 1 heterocycles. The zero-order valence-electron chi connectivity index (χ0n) is 18.2. The molecule has 0 unspecified atom stereocenters. The SMILES string of the molecule is Cc1cccc(CC[C@H]2CCC[C@H](OCc3coc(-c4ccc(F)cc4)n3)C2)c1C(=O)O. The van der Waals surface area contributed by atoms with Crippen molar-refractivity contribution in [3.05, 3.63) is 76.9 Å². The summed E-state index contributed by atoms with van der Waals surface area (Å²) in [6.07, 6.45) is 7.72. The molecule has 4 rings (SSSR count). The van der Waals surface area contributed by atoms with Gasteiger partial charge in [0.15, 0.2) is 0 Å². The molecule has 5 nitrogen and oxygen atoms in total. The number of aromatic nitrogens is 1. The van der Waals surface area contributed by atoms with Gasteiger partial charge in [-0.2, -0.15) is 0 Å². The van der Waals surface area contributed by atoms with E-state index >= 15 is 0 Å². The van der Waals surface area contributed by atoms with Crippen LogP contribution in [0.2, 0.25) is 0 Å². The lowest BCUT2D eigenvalue weighted by Gasteiger charge is -2.29. The standard InChI is InChI=1S/C26H28FNO4/c1-17-4-2-6-19(24(17)26(29)30)9-8-18-5-3-7-23(14-18)31-15-22-16-32-25(28-22)20-10-12-21(27)13-11-20/h2,4,6,10-13,16,18,23H,3,5,7-9,14-15H2,1H3,(H,29,30)/t18-,23+/m1/s1. The molecule has 3 aromatic rings. The third kappa shape index (κ3) is 5.43. The van der Waals surface area contributed by atoms with Gasteiger partial charge in [-0.1, -0.05) is 31.0 Å². The Bertz CT molecular complexity index is 1060. The van der Waals surface area contributed by atoms with Crippen LogP contribution in [-0.4, -0.2) is 22.2 Å². The molecule has 0 aliphatic heterocycles. The van der Waals surface area contributed by atoms with E-state index in [-0.39, 0.29) is 11.9 Å². The topological polar surface area (TPSA) is 72.6 Å². The molecule has 2 atom stereocenters. The van der Waals surface area contributed by atoms with Crippen molar-refractivity contribution in [2.75, 3.05) is 0 Å². The normalized spacial score (nSPS) is 18.6. The van der Waals surface area contributed by atoms with Crippen LogP contribution in [0.25, 0.3) is 11.5 Å². The van der Waals surface area contributed by atoms with Crippen LogP contribution in [0.15, 0.2) is 53.1 Å². The number of carbonyl (C=O) groups is 1. The number of benzene rings is 2. The molecular formula is C26H28FNO4. The van der Waals surface area contributed by atoms with E-state index in [0.29, 0.717) is 24.0 Å². The molecule has 1 aliphatic carbocycles. The fourth-order valence-electron chi connectivity index (χ4n) is 4.56. The molecule has 1 saturated carbocycles. The zero-order chi connectivity index (χ0) is 22.5. The van der Waals surface area contributed by atoms with Gasteiger partial charge in [0.2, 0.25) is 5.89 Å². The average Bonchev–Trinajstić information content (AvgIpc) is 3.26. The van der Waals surface area contributed by atoms with E-state index in [4.69, 9.17) is 9.15 Å². The number of ether oxygens (including phenoxy) is 1. The van der Waals surface area contributed by atoms with Gasteiger partial charge in [-0.05, 0) is 73.9 Å². The summed E-state index contributed by atoms with van der Waals surface area (Å²) in [5, 5.41) is 9.54. The predicted octanol–water partition coefficient (Wildman–Crippen LogP) is 6.20. The lowest BCUT2D eigenvalue weighted by Crippen LogP contribution is -2.23. The minimum Gasteiger partial charge on any atom is -0.478 e. The summed E-state index contributed by atoms with van der Waals surface area (Å²) in [7, 11) is 0. The van der Waals surface area contributed by atoms with Crippen LogP contribution in [-0.2, 0) is 17.8 Å². The Kier molecular flexibility index (Phi) is 7.00. The van der Waals surface area contributed by atoms with Crippen LogP contribution < -0.4 is 0 Å². The van der Waals surface area contributed by atoms with Crippen LogP contribution in [0.4, 0.5) is 4.39 Å². The Morgan fingerprint density at radius 3 is 2.81 bits per heavy atom. The summed E-state index contributed by atoms with van der Waals surface area (Å²) in [5.41, 5.74) is 3.62. The number of oxazole rings is 1. The first-order valence-corrected chi connectivity index (χ1v) is 11.1. The van der Waals surface area contributed by atoms with Crippen molar-refractivity contribution in [2.24, 2.45) is 5.92 Å². The first kappa shape index (κ1) is 22.2. The van der Waals surface area contributed by atoms with E-state index in [1.807, 2.05) is 25.1 Å². The lowest BCUT2D eigenvalue weighted by atomic mass is 9.83. The van der Waals surface area contributed by atoms with E-state index in [9.17, 15) is 14.3 Å². The third-order valence-corrected chi connectivity index (χ3v) is 6.24. The maximum Gasteiger partial charge on any atom is 0.336 e. The lowest BCUT2D eigenvalue weighted by molar-refractivity contribution is -0.000266. The molecule has 6 heteroatoms. The predicted molar refractivity (Wildman–Crippen MR) is 119 cm³/mol. The highest BCUT2D eigenvalue weighted by molar-refractivity contribution is 5.91. The van der Waals surface area contributed by atoms with E-state index in [1.54, 1.807) is 18.4 Å². The Morgan fingerprint density at radius 1 is 1.22 bits per heavy atom. The van der Waals surface area contributed by atoms with Crippen LogP contribution in [0.5, 0.6) is 0 Å². The van der Waals surface area contributed by atoms with Gasteiger partial charge in [0, 0.05) is 5.56 Å². The molecule has 0 spiro atoms. The Morgan fingerprint density at radius 2 is 2.03 bits per heavy atom. The van der Waals surface area contributed by atoms with E-state index in [0.717, 1.165) is 60.9 Å². The van der Waals surface area contributed by atoms with Crippen molar-refractivity contribution in [3.8, 4) is 11.5 Å². The summed E-state index contributed by atoms with van der Waals surface area (Å²) in [6.45, 7) is 2.23. The Hall–Kier alpha value is -2.99. The summed E-state index contributed by atoms with van der Waals surface area (Å²) < 4.78 is 24.7. The minimum absolute atomic E-state index is 0.163. The number of hydrogen-bond acceptors (Lipinski definition) is 4. The van der Waals surface area contributed by atoms with Crippen molar-refractivity contribution in [2.45, 2.75) is 58.2 Å². The largest absolute Gasteiger partial charge is 0.478 e. The molecule has 2 aromatic carbocycles. The molecule has 0 radical (unpaired) electrons. The number of aryl methyl sites for hydroxylation is 2. The first-order valence-electron chi connectivity index (χ1n) is 11.1. The number of nitrogens with zero attached hydrogens (tertiary/aromatic N) is 1. The number of aromatic carboxylic acids is 1. The number of hydrogen-bond donors (Lipinski definition) is 1. The van der Waals surface area contributed by atoms with E-state index < -0.39 is 5.97 Å². The average molecular weight is 438 g/mol. The summed E-state index contributed by atoms with van der Waals surface area (Å²) in [6, 6.07) is 11.8. The van der Waals surface area contributed by atoms with Gasteiger partial charge in [0.25, 0.3) is 0 Å². The maximum atomic E-state index is 13.1. The Balaban J connectivity index is 1.29. The van der Waals surface area contributed by atoms with Gasteiger partial charge in [-0.15, -0.1) is 0 Å². The van der Waals surface area contributed by atoms with Crippen molar-refractivity contribution in [3.63, 3.8) is 0 Å². The second-order valence-electron chi connectivity index (χ2n) is 8.57. The maximum absolute atomic E-state index is 13.1.